The summed E-state index contributed by atoms with van der Waals surface area (Å²) in [7, 11) is 2.19. The summed E-state index contributed by atoms with van der Waals surface area (Å²) < 4.78 is 0. The van der Waals surface area contributed by atoms with Gasteiger partial charge in [-0.25, -0.2) is 9.97 Å². The first-order valence-corrected chi connectivity index (χ1v) is 8.70. The monoisotopic (exact) mass is 336 g/mol. The maximum absolute atomic E-state index is 9.06. The zero-order chi connectivity index (χ0) is 17.5. The van der Waals surface area contributed by atoms with Crippen LogP contribution in [0, 0.1) is 11.3 Å². The van der Waals surface area contributed by atoms with E-state index in [4.69, 9.17) is 5.26 Å². The number of nitriles is 1. The molecule has 1 fully saturated rings. The topological polar surface area (TPSA) is 68.1 Å². The summed E-state index contributed by atoms with van der Waals surface area (Å²) in [4.78, 5) is 13.2. The number of nitrogens with zero attached hydrogens (tertiary/aromatic N) is 5. The number of piperazine rings is 1. The highest BCUT2D eigenvalue weighted by molar-refractivity contribution is 5.46. The molecular weight excluding hydrogens is 312 g/mol. The molecule has 1 atom stereocenters. The first-order valence-electron chi connectivity index (χ1n) is 8.70. The van der Waals surface area contributed by atoms with E-state index < -0.39 is 0 Å². The molecule has 1 aliphatic rings. The van der Waals surface area contributed by atoms with E-state index in [2.05, 4.69) is 68.5 Å². The minimum atomic E-state index is 0.351. The lowest BCUT2D eigenvalue weighted by atomic mass is 10.0. The summed E-state index contributed by atoms with van der Waals surface area (Å²) in [6.07, 6.45) is 4.14. The van der Waals surface area contributed by atoms with Gasteiger partial charge in [-0.3, -0.25) is 4.90 Å². The predicted molar refractivity (Wildman–Crippen MR) is 98.1 cm³/mol. The van der Waals surface area contributed by atoms with Crippen LogP contribution in [0.3, 0.4) is 0 Å². The minimum absolute atomic E-state index is 0.351. The Morgan fingerprint density at radius 2 is 2.00 bits per heavy atom. The van der Waals surface area contributed by atoms with E-state index in [9.17, 15) is 0 Å². The average Bonchev–Trinajstić information content (AvgIpc) is 2.67. The number of hydrogen-bond acceptors (Lipinski definition) is 6. The smallest absolute Gasteiger partial charge is 0.182 e. The van der Waals surface area contributed by atoms with Gasteiger partial charge in [-0.15, -0.1) is 0 Å². The second kappa shape index (κ2) is 8.56. The third kappa shape index (κ3) is 4.53. The van der Waals surface area contributed by atoms with Gasteiger partial charge in [-0.1, -0.05) is 30.3 Å². The Bertz CT molecular complexity index is 711. The molecule has 1 aromatic carbocycles. The van der Waals surface area contributed by atoms with Crippen LogP contribution in [0.15, 0.2) is 42.7 Å². The molecular formula is C19H24N6. The van der Waals surface area contributed by atoms with Crippen molar-refractivity contribution in [2.45, 2.75) is 12.5 Å². The molecule has 6 heteroatoms. The normalized spacial score (nSPS) is 18.6. The highest BCUT2D eigenvalue weighted by Gasteiger charge is 2.25. The van der Waals surface area contributed by atoms with Gasteiger partial charge in [0.1, 0.15) is 6.07 Å². The summed E-state index contributed by atoms with van der Waals surface area (Å²) >= 11 is 0. The molecule has 1 N–H and O–H groups in total. The van der Waals surface area contributed by atoms with Crippen molar-refractivity contribution in [3.63, 3.8) is 0 Å². The number of aromatic nitrogens is 2. The Morgan fingerprint density at radius 1 is 1.20 bits per heavy atom. The van der Waals surface area contributed by atoms with E-state index in [1.807, 2.05) is 0 Å². The first kappa shape index (κ1) is 17.3. The maximum Gasteiger partial charge on any atom is 0.182 e. The third-order valence-corrected chi connectivity index (χ3v) is 4.60. The molecule has 3 rings (SSSR count). The van der Waals surface area contributed by atoms with E-state index >= 15 is 0 Å². The molecule has 1 aromatic heterocycles. The molecule has 1 aliphatic heterocycles. The van der Waals surface area contributed by atoms with Crippen molar-refractivity contribution in [3.8, 4) is 6.07 Å². The molecule has 2 aromatic rings. The lowest BCUT2D eigenvalue weighted by Crippen LogP contribution is -2.47. The van der Waals surface area contributed by atoms with Crippen LogP contribution in [0.25, 0.3) is 0 Å². The van der Waals surface area contributed by atoms with E-state index in [-0.39, 0.29) is 0 Å². The molecule has 6 nitrogen and oxygen atoms in total. The van der Waals surface area contributed by atoms with Gasteiger partial charge in [-0.05, 0) is 19.0 Å². The Labute approximate surface area is 149 Å². The highest BCUT2D eigenvalue weighted by atomic mass is 15.3. The van der Waals surface area contributed by atoms with Crippen molar-refractivity contribution >= 4 is 5.82 Å². The summed E-state index contributed by atoms with van der Waals surface area (Å²) in [6.45, 7) is 5.02. The number of hydrogen-bond donors (Lipinski definition) is 1. The van der Waals surface area contributed by atoms with E-state index in [0.29, 0.717) is 17.6 Å². The molecule has 2 heterocycles. The fourth-order valence-corrected chi connectivity index (χ4v) is 3.25. The summed E-state index contributed by atoms with van der Waals surface area (Å²) in [5, 5.41) is 12.3. The van der Waals surface area contributed by atoms with Crippen molar-refractivity contribution in [1.29, 1.82) is 5.26 Å². The number of likely N-dealkylation sites (N-methyl/N-ethyl adjacent to an activating group) is 1. The third-order valence-electron chi connectivity index (χ3n) is 4.60. The molecule has 0 unspecified atom stereocenters. The van der Waals surface area contributed by atoms with Gasteiger partial charge in [0.15, 0.2) is 11.5 Å². The number of rotatable bonds is 6. The van der Waals surface area contributed by atoms with Crippen molar-refractivity contribution in [2.75, 3.05) is 45.1 Å². The molecule has 0 spiro atoms. The Morgan fingerprint density at radius 3 is 2.80 bits per heavy atom. The second-order valence-corrected chi connectivity index (χ2v) is 6.37. The Hall–Kier alpha value is -2.49. The fraction of sp³-hybridized carbons (Fsp3) is 0.421. The second-order valence-electron chi connectivity index (χ2n) is 6.37. The zero-order valence-electron chi connectivity index (χ0n) is 14.6. The number of nitrogens with one attached hydrogen (secondary N) is 1. The van der Waals surface area contributed by atoms with Crippen LogP contribution in [0.5, 0.6) is 0 Å². The molecule has 0 aliphatic carbocycles. The summed E-state index contributed by atoms with van der Waals surface area (Å²) in [5.74, 6) is 0.572. The number of benzene rings is 1. The lowest BCUT2D eigenvalue weighted by molar-refractivity contribution is 0.0896. The quantitative estimate of drug-likeness (QED) is 0.815. The molecule has 130 valence electrons. The molecule has 0 amide bonds. The van der Waals surface area contributed by atoms with Crippen LogP contribution in [-0.4, -0.2) is 59.5 Å². The van der Waals surface area contributed by atoms with Crippen molar-refractivity contribution in [1.82, 2.24) is 19.8 Å². The standard InChI is InChI=1S/C19H24N6/c1-24-12-13-25(18(15-24)16-6-3-2-4-7-16)11-5-8-22-19-17(14-20)21-9-10-23-19/h2-4,6-7,9-10,18H,5,8,11-13,15H2,1H3,(H,22,23)/t18-/m1/s1. The van der Waals surface area contributed by atoms with Crippen LogP contribution >= 0.6 is 0 Å². The molecule has 0 saturated carbocycles. The van der Waals surface area contributed by atoms with Crippen molar-refractivity contribution < 1.29 is 0 Å². The van der Waals surface area contributed by atoms with Crippen LogP contribution in [0.2, 0.25) is 0 Å². The lowest BCUT2D eigenvalue weighted by Gasteiger charge is -2.40. The van der Waals surface area contributed by atoms with Gasteiger partial charge in [0.25, 0.3) is 0 Å². The van der Waals surface area contributed by atoms with E-state index in [1.165, 1.54) is 5.56 Å². The Kier molecular flexibility index (Phi) is 5.94. The van der Waals surface area contributed by atoms with Crippen molar-refractivity contribution in [2.24, 2.45) is 0 Å². The molecule has 0 bridgehead atoms. The minimum Gasteiger partial charge on any atom is -0.368 e. The van der Waals surface area contributed by atoms with Gasteiger partial charge >= 0.3 is 0 Å². The number of anilines is 1. The summed E-state index contributed by atoms with van der Waals surface area (Å²) in [5.41, 5.74) is 1.73. The van der Waals surface area contributed by atoms with Gasteiger partial charge in [-0.2, -0.15) is 5.26 Å². The largest absolute Gasteiger partial charge is 0.368 e. The maximum atomic E-state index is 9.06. The van der Waals surface area contributed by atoms with Crippen LogP contribution in [0.1, 0.15) is 23.7 Å². The van der Waals surface area contributed by atoms with E-state index in [1.54, 1.807) is 12.4 Å². The van der Waals surface area contributed by atoms with Crippen LogP contribution in [-0.2, 0) is 0 Å². The van der Waals surface area contributed by atoms with Crippen LogP contribution < -0.4 is 5.32 Å². The van der Waals surface area contributed by atoms with E-state index in [0.717, 1.165) is 39.1 Å². The predicted octanol–water partition coefficient (Wildman–Crippen LogP) is 2.14. The zero-order valence-corrected chi connectivity index (χ0v) is 14.6. The fourth-order valence-electron chi connectivity index (χ4n) is 3.25. The van der Waals surface area contributed by atoms with Gasteiger partial charge in [0, 0.05) is 51.2 Å². The molecule has 25 heavy (non-hydrogen) atoms. The summed E-state index contributed by atoms with van der Waals surface area (Å²) in [6, 6.07) is 13.2. The Balaban J connectivity index is 1.55. The van der Waals surface area contributed by atoms with Gasteiger partial charge in [0.05, 0.1) is 0 Å². The SMILES string of the molecule is CN1CCN(CCCNc2nccnc2C#N)[C@@H](c2ccccc2)C1. The first-order chi connectivity index (χ1) is 12.3. The average molecular weight is 336 g/mol. The van der Waals surface area contributed by atoms with Crippen molar-refractivity contribution in [3.05, 3.63) is 54.0 Å². The molecule has 1 saturated heterocycles. The molecule has 0 radical (unpaired) electrons. The highest BCUT2D eigenvalue weighted by Crippen LogP contribution is 2.24. The van der Waals surface area contributed by atoms with Gasteiger partial charge in [0.2, 0.25) is 0 Å². The van der Waals surface area contributed by atoms with Gasteiger partial charge < -0.3 is 10.2 Å². The van der Waals surface area contributed by atoms with Crippen LogP contribution in [0.4, 0.5) is 5.82 Å².